The number of rotatable bonds is 6. The fourth-order valence-corrected chi connectivity index (χ4v) is 5.20. The van der Waals surface area contributed by atoms with Crippen LogP contribution in [0.2, 0.25) is 0 Å². The van der Waals surface area contributed by atoms with Gasteiger partial charge in [-0.25, -0.2) is 13.4 Å². The minimum atomic E-state index is -3.66. The van der Waals surface area contributed by atoms with Crippen molar-refractivity contribution in [3.63, 3.8) is 0 Å². The molecule has 1 aromatic carbocycles. The van der Waals surface area contributed by atoms with Crippen molar-refractivity contribution < 1.29 is 13.2 Å². The number of carbonyl (C=O) groups excluding carboxylic acids is 1. The Balaban J connectivity index is 1.72. The second-order valence-electron chi connectivity index (χ2n) is 5.57. The lowest BCUT2D eigenvalue weighted by molar-refractivity contribution is -0.119. The van der Waals surface area contributed by atoms with Crippen molar-refractivity contribution in [3.05, 3.63) is 51.7 Å². The fraction of sp³-hybridized carbons (Fsp3) is 0.176. The van der Waals surface area contributed by atoms with Gasteiger partial charge < -0.3 is 5.32 Å². The number of nitrogens with zero attached hydrogens (tertiary/aromatic N) is 1. The van der Waals surface area contributed by atoms with Crippen LogP contribution >= 0.6 is 22.7 Å². The second-order valence-corrected chi connectivity index (χ2v) is 9.70. The zero-order chi connectivity index (χ0) is 18.7. The summed E-state index contributed by atoms with van der Waals surface area (Å²) < 4.78 is 27.8. The third-order valence-corrected chi connectivity index (χ3v) is 7.20. The summed E-state index contributed by atoms with van der Waals surface area (Å²) in [5.41, 5.74) is 2.30. The number of amides is 1. The maximum atomic E-state index is 12.5. The van der Waals surface area contributed by atoms with E-state index in [0.29, 0.717) is 12.2 Å². The predicted molar refractivity (Wildman–Crippen MR) is 105 cm³/mol. The van der Waals surface area contributed by atoms with E-state index in [1.807, 2.05) is 24.4 Å². The molecule has 2 N–H and O–H groups in total. The van der Waals surface area contributed by atoms with Crippen LogP contribution in [-0.2, 0) is 21.4 Å². The molecule has 2 aromatic heterocycles. The van der Waals surface area contributed by atoms with Crippen LogP contribution < -0.4 is 10.0 Å². The maximum absolute atomic E-state index is 12.5. The molecule has 6 nitrogen and oxygen atoms in total. The van der Waals surface area contributed by atoms with E-state index in [0.717, 1.165) is 32.5 Å². The number of nitrogens with one attached hydrogen (secondary N) is 2. The average molecular weight is 408 g/mol. The van der Waals surface area contributed by atoms with Gasteiger partial charge in [-0.3, -0.25) is 9.52 Å². The Morgan fingerprint density at radius 3 is 2.50 bits per heavy atom. The molecule has 26 heavy (non-hydrogen) atoms. The third kappa shape index (κ3) is 4.48. The Labute approximate surface area is 160 Å². The molecule has 2 heterocycles. The van der Waals surface area contributed by atoms with Crippen LogP contribution in [0.3, 0.4) is 0 Å². The highest BCUT2D eigenvalue weighted by Gasteiger charge is 2.17. The molecule has 0 unspecified atom stereocenters. The molecular formula is C17H17N3O3S3. The van der Waals surface area contributed by atoms with Crippen molar-refractivity contribution in [2.75, 3.05) is 4.72 Å². The van der Waals surface area contributed by atoms with Crippen LogP contribution in [-0.4, -0.2) is 19.3 Å². The van der Waals surface area contributed by atoms with Crippen LogP contribution in [0.25, 0.3) is 11.3 Å². The monoisotopic (exact) mass is 407 g/mol. The number of hydrogen-bond donors (Lipinski definition) is 2. The van der Waals surface area contributed by atoms with E-state index in [4.69, 9.17) is 0 Å². The first kappa shape index (κ1) is 18.6. The Bertz CT molecular complexity index is 1020. The summed E-state index contributed by atoms with van der Waals surface area (Å²) in [5.74, 6) is -0.156. The van der Waals surface area contributed by atoms with Gasteiger partial charge in [0, 0.05) is 28.4 Å². The summed E-state index contributed by atoms with van der Waals surface area (Å²) >= 11 is 2.70. The van der Waals surface area contributed by atoms with E-state index in [-0.39, 0.29) is 10.1 Å². The summed E-state index contributed by atoms with van der Waals surface area (Å²) in [6.07, 6.45) is 0. The summed E-state index contributed by atoms with van der Waals surface area (Å²) in [7, 11) is -3.66. The van der Waals surface area contributed by atoms with Crippen molar-refractivity contribution in [1.29, 1.82) is 0 Å². The maximum Gasteiger partial charge on any atom is 0.271 e. The van der Waals surface area contributed by atoms with E-state index < -0.39 is 10.0 Å². The van der Waals surface area contributed by atoms with Gasteiger partial charge in [0.25, 0.3) is 10.0 Å². The number of anilines is 1. The van der Waals surface area contributed by atoms with E-state index in [2.05, 4.69) is 15.0 Å². The van der Waals surface area contributed by atoms with E-state index in [1.165, 1.54) is 13.0 Å². The lowest BCUT2D eigenvalue weighted by Gasteiger charge is -2.07. The number of carbonyl (C=O) groups is 1. The third-order valence-electron chi connectivity index (χ3n) is 3.47. The van der Waals surface area contributed by atoms with Crippen LogP contribution in [0, 0.1) is 6.92 Å². The molecule has 1 amide bonds. The Kier molecular flexibility index (Phi) is 5.40. The van der Waals surface area contributed by atoms with Crippen molar-refractivity contribution in [3.8, 4) is 11.3 Å². The van der Waals surface area contributed by atoms with E-state index >= 15 is 0 Å². The van der Waals surface area contributed by atoms with Crippen LogP contribution in [0.4, 0.5) is 5.69 Å². The van der Waals surface area contributed by atoms with Gasteiger partial charge in [-0.15, -0.1) is 22.7 Å². The minimum absolute atomic E-state index is 0.156. The first-order valence-electron chi connectivity index (χ1n) is 7.72. The van der Waals surface area contributed by atoms with Gasteiger partial charge in [0.1, 0.15) is 4.21 Å². The second kappa shape index (κ2) is 7.56. The average Bonchev–Trinajstić information content (AvgIpc) is 3.23. The molecule has 0 aliphatic carbocycles. The highest BCUT2D eigenvalue weighted by Crippen LogP contribution is 2.26. The Hall–Kier alpha value is -2.23. The summed E-state index contributed by atoms with van der Waals surface area (Å²) in [4.78, 5) is 16.1. The molecule has 0 radical (unpaired) electrons. The lowest BCUT2D eigenvalue weighted by Crippen LogP contribution is -2.18. The standard InChI is InChI=1S/C17H17N3O3S3/c1-11(21)18-9-15-7-8-17(25-15)26(22,23)20-14-5-3-13(4-6-14)16-10-24-12(2)19-16/h3-8,10,20H,9H2,1-2H3,(H,18,21). The lowest BCUT2D eigenvalue weighted by atomic mass is 10.1. The summed E-state index contributed by atoms with van der Waals surface area (Å²) in [6.45, 7) is 3.68. The SMILES string of the molecule is CC(=O)NCc1ccc(S(=O)(=O)Nc2ccc(-c3csc(C)n3)cc2)s1. The normalized spacial score (nSPS) is 11.3. The van der Waals surface area contributed by atoms with Gasteiger partial charge >= 0.3 is 0 Å². The van der Waals surface area contributed by atoms with Crippen molar-refractivity contribution in [2.24, 2.45) is 0 Å². The van der Waals surface area contributed by atoms with E-state index in [1.54, 1.807) is 29.5 Å². The zero-order valence-electron chi connectivity index (χ0n) is 14.1. The number of thiazole rings is 1. The molecule has 0 spiro atoms. The molecule has 0 fully saturated rings. The van der Waals surface area contributed by atoms with Gasteiger partial charge in [0.2, 0.25) is 5.91 Å². The summed E-state index contributed by atoms with van der Waals surface area (Å²) in [5, 5.41) is 5.60. The first-order chi connectivity index (χ1) is 12.3. The van der Waals surface area contributed by atoms with Gasteiger partial charge in [0.15, 0.2) is 0 Å². The topological polar surface area (TPSA) is 88.2 Å². The van der Waals surface area contributed by atoms with Gasteiger partial charge in [-0.2, -0.15) is 0 Å². The Morgan fingerprint density at radius 2 is 1.88 bits per heavy atom. The van der Waals surface area contributed by atoms with Gasteiger partial charge in [-0.1, -0.05) is 12.1 Å². The largest absolute Gasteiger partial charge is 0.351 e. The van der Waals surface area contributed by atoms with Crippen LogP contribution in [0.5, 0.6) is 0 Å². The van der Waals surface area contributed by atoms with E-state index in [9.17, 15) is 13.2 Å². The molecule has 0 aliphatic heterocycles. The van der Waals surface area contributed by atoms with Crippen molar-refractivity contribution in [2.45, 2.75) is 24.6 Å². The van der Waals surface area contributed by atoms with Gasteiger partial charge in [-0.05, 0) is 31.2 Å². The molecule has 136 valence electrons. The number of hydrogen-bond acceptors (Lipinski definition) is 6. The minimum Gasteiger partial charge on any atom is -0.351 e. The number of aromatic nitrogens is 1. The first-order valence-corrected chi connectivity index (χ1v) is 10.9. The molecule has 0 saturated heterocycles. The molecule has 0 saturated carbocycles. The molecule has 9 heteroatoms. The molecule has 0 atom stereocenters. The molecule has 0 aliphatic rings. The van der Waals surface area contributed by atoms with Crippen molar-refractivity contribution >= 4 is 44.3 Å². The van der Waals surface area contributed by atoms with Gasteiger partial charge in [0.05, 0.1) is 17.2 Å². The number of thiophene rings is 1. The fourth-order valence-electron chi connectivity index (χ4n) is 2.22. The molecule has 3 aromatic rings. The Morgan fingerprint density at radius 1 is 1.15 bits per heavy atom. The van der Waals surface area contributed by atoms with Crippen molar-refractivity contribution in [1.82, 2.24) is 10.3 Å². The highest BCUT2D eigenvalue weighted by molar-refractivity contribution is 7.94. The quantitative estimate of drug-likeness (QED) is 0.653. The summed E-state index contributed by atoms with van der Waals surface area (Å²) in [6, 6.07) is 10.3. The molecule has 0 bridgehead atoms. The van der Waals surface area contributed by atoms with Crippen LogP contribution in [0.15, 0.2) is 46.0 Å². The molecular weight excluding hydrogens is 390 g/mol. The number of aryl methyl sites for hydroxylation is 1. The zero-order valence-corrected chi connectivity index (χ0v) is 16.6. The number of benzene rings is 1. The van der Waals surface area contributed by atoms with Crippen LogP contribution in [0.1, 0.15) is 16.8 Å². The predicted octanol–water partition coefficient (Wildman–Crippen LogP) is 3.62. The highest BCUT2D eigenvalue weighted by atomic mass is 32.2. The molecule has 3 rings (SSSR count). The number of sulfonamides is 1. The smallest absolute Gasteiger partial charge is 0.271 e.